The molecule has 0 bridgehead atoms. The number of hydrogen-bond acceptors (Lipinski definition) is 4. The number of nitrogens with one attached hydrogen (secondary N) is 2. The van der Waals surface area contributed by atoms with E-state index in [0.29, 0.717) is 18.7 Å². The highest BCUT2D eigenvalue weighted by Gasteiger charge is 2.21. The zero-order valence-electron chi connectivity index (χ0n) is 19.8. The first-order valence-electron chi connectivity index (χ1n) is 12.0. The molecule has 32 heavy (non-hydrogen) atoms. The van der Waals surface area contributed by atoms with Gasteiger partial charge >= 0.3 is 6.03 Å². The summed E-state index contributed by atoms with van der Waals surface area (Å²) in [6.45, 7) is 8.14. The third-order valence-electron chi connectivity index (χ3n) is 6.51. The summed E-state index contributed by atoms with van der Waals surface area (Å²) in [5, 5.41) is 4.12. The predicted molar refractivity (Wildman–Crippen MR) is 129 cm³/mol. The molecular weight excluding hydrogens is 404 g/mol. The van der Waals surface area contributed by atoms with Crippen LogP contribution in [0.3, 0.4) is 0 Å². The second-order valence-electron chi connectivity index (χ2n) is 8.66. The third-order valence-corrected chi connectivity index (χ3v) is 6.51. The van der Waals surface area contributed by atoms with Gasteiger partial charge in [-0.15, -0.1) is 0 Å². The molecule has 7 nitrogen and oxygen atoms in total. The fraction of sp³-hybridized carbons (Fsp3) is 0.600. The van der Waals surface area contributed by atoms with E-state index in [9.17, 15) is 9.59 Å². The number of carbonyl (C=O) groups excluding carboxylic acids is 1. The lowest BCUT2D eigenvalue weighted by Gasteiger charge is -2.29. The second kappa shape index (κ2) is 11.9. The van der Waals surface area contributed by atoms with Crippen LogP contribution in [0, 0.1) is 0 Å². The number of methoxy groups -OCH3 is 1. The van der Waals surface area contributed by atoms with Crippen molar-refractivity contribution in [2.75, 3.05) is 33.3 Å². The van der Waals surface area contributed by atoms with Crippen molar-refractivity contribution >= 4 is 16.9 Å². The summed E-state index contributed by atoms with van der Waals surface area (Å²) in [7, 11) is 1.63. The lowest BCUT2D eigenvalue weighted by Crippen LogP contribution is -2.46. The summed E-state index contributed by atoms with van der Waals surface area (Å²) in [5.41, 5.74) is 1.20. The van der Waals surface area contributed by atoms with Crippen molar-refractivity contribution in [3.8, 4) is 5.75 Å². The Morgan fingerprint density at radius 3 is 2.56 bits per heavy atom. The van der Waals surface area contributed by atoms with E-state index >= 15 is 0 Å². The van der Waals surface area contributed by atoms with Gasteiger partial charge in [-0.05, 0) is 63.2 Å². The maximum Gasteiger partial charge on any atom is 0.317 e. The van der Waals surface area contributed by atoms with E-state index in [1.165, 1.54) is 19.3 Å². The molecule has 1 aromatic carbocycles. The number of pyridine rings is 1. The number of nitrogens with zero attached hydrogens (tertiary/aromatic N) is 2. The summed E-state index contributed by atoms with van der Waals surface area (Å²) in [6.07, 6.45) is 6.53. The molecule has 2 aromatic rings. The molecule has 0 atom stereocenters. The number of carbonyl (C=O) groups is 1. The molecule has 1 saturated carbocycles. The van der Waals surface area contributed by atoms with Crippen LogP contribution in [0.15, 0.2) is 29.1 Å². The Bertz CT molecular complexity index is 932. The van der Waals surface area contributed by atoms with Gasteiger partial charge in [-0.3, -0.25) is 4.79 Å². The number of fused-ring (bicyclic) bond motifs is 1. The van der Waals surface area contributed by atoms with E-state index in [4.69, 9.17) is 4.74 Å². The standard InChI is InChI=1S/C25H38N4O3/c1-4-28(5-2)14-9-15-29(25(31)26-21-10-7-6-8-11-21)18-20-16-19-17-22(32-3)12-13-23(19)27-24(20)30/h12-13,16-17,21H,4-11,14-15,18H2,1-3H3,(H,26,31)(H,27,30). The monoisotopic (exact) mass is 442 g/mol. The maximum absolute atomic E-state index is 13.2. The van der Waals surface area contributed by atoms with Crippen LogP contribution in [0.25, 0.3) is 10.9 Å². The maximum atomic E-state index is 13.2. The summed E-state index contributed by atoms with van der Waals surface area (Å²) in [6, 6.07) is 7.62. The van der Waals surface area contributed by atoms with Crippen LogP contribution < -0.4 is 15.6 Å². The third kappa shape index (κ3) is 6.48. The van der Waals surface area contributed by atoms with Crippen LogP contribution in [-0.2, 0) is 6.54 Å². The molecule has 7 heteroatoms. The number of urea groups is 1. The predicted octanol–water partition coefficient (Wildman–Crippen LogP) is 4.11. The molecule has 3 rings (SSSR count). The Balaban J connectivity index is 1.77. The molecular formula is C25H38N4O3. The molecule has 176 valence electrons. The number of amides is 2. The van der Waals surface area contributed by atoms with Crippen molar-refractivity contribution in [1.82, 2.24) is 20.1 Å². The highest BCUT2D eigenvalue weighted by atomic mass is 16.5. The Labute approximate surface area is 191 Å². The minimum atomic E-state index is -0.151. The van der Waals surface area contributed by atoms with Crippen molar-refractivity contribution in [1.29, 1.82) is 0 Å². The van der Waals surface area contributed by atoms with Crippen LogP contribution in [0.5, 0.6) is 5.75 Å². The van der Waals surface area contributed by atoms with Crippen molar-refractivity contribution in [2.45, 2.75) is 65.0 Å². The first-order chi connectivity index (χ1) is 15.5. The van der Waals surface area contributed by atoms with E-state index in [-0.39, 0.29) is 17.6 Å². The van der Waals surface area contributed by atoms with Crippen molar-refractivity contribution in [3.63, 3.8) is 0 Å². The number of benzene rings is 1. The van der Waals surface area contributed by atoms with E-state index < -0.39 is 0 Å². The number of aromatic amines is 1. The smallest absolute Gasteiger partial charge is 0.317 e. The lowest BCUT2D eigenvalue weighted by molar-refractivity contribution is 0.182. The molecule has 1 heterocycles. The molecule has 0 unspecified atom stereocenters. The molecule has 0 spiro atoms. The second-order valence-corrected chi connectivity index (χ2v) is 8.66. The van der Waals surface area contributed by atoms with E-state index in [2.05, 4.69) is 29.0 Å². The average Bonchev–Trinajstić information content (AvgIpc) is 2.81. The zero-order valence-corrected chi connectivity index (χ0v) is 19.8. The Morgan fingerprint density at radius 2 is 1.88 bits per heavy atom. The fourth-order valence-electron chi connectivity index (χ4n) is 4.47. The molecule has 1 aliphatic carbocycles. The van der Waals surface area contributed by atoms with Crippen LogP contribution >= 0.6 is 0 Å². The summed E-state index contributed by atoms with van der Waals surface area (Å²) >= 11 is 0. The van der Waals surface area contributed by atoms with Gasteiger partial charge in [0.05, 0.1) is 13.7 Å². The summed E-state index contributed by atoms with van der Waals surface area (Å²) in [5.74, 6) is 0.738. The summed E-state index contributed by atoms with van der Waals surface area (Å²) < 4.78 is 5.32. The van der Waals surface area contributed by atoms with Crippen LogP contribution in [0.2, 0.25) is 0 Å². The highest BCUT2D eigenvalue weighted by molar-refractivity contribution is 5.81. The molecule has 0 radical (unpaired) electrons. The van der Waals surface area contributed by atoms with Crippen molar-refractivity contribution in [2.24, 2.45) is 0 Å². The normalized spacial score (nSPS) is 14.6. The first-order valence-corrected chi connectivity index (χ1v) is 12.0. The molecule has 1 aliphatic rings. The minimum Gasteiger partial charge on any atom is -0.497 e. The fourth-order valence-corrected chi connectivity index (χ4v) is 4.47. The Morgan fingerprint density at radius 1 is 1.12 bits per heavy atom. The average molecular weight is 443 g/mol. The van der Waals surface area contributed by atoms with E-state index in [1.807, 2.05) is 24.3 Å². The molecule has 1 fully saturated rings. The molecule has 2 N–H and O–H groups in total. The van der Waals surface area contributed by atoms with Gasteiger partial charge in [0, 0.05) is 29.1 Å². The summed E-state index contributed by atoms with van der Waals surface area (Å²) in [4.78, 5) is 33.0. The van der Waals surface area contributed by atoms with Gasteiger partial charge in [0.15, 0.2) is 0 Å². The highest BCUT2D eigenvalue weighted by Crippen LogP contribution is 2.20. The van der Waals surface area contributed by atoms with Crippen LogP contribution in [0.1, 0.15) is 57.9 Å². The number of rotatable bonds is 10. The van der Waals surface area contributed by atoms with Gasteiger partial charge in [-0.1, -0.05) is 33.1 Å². The van der Waals surface area contributed by atoms with Gasteiger partial charge in [-0.2, -0.15) is 0 Å². The van der Waals surface area contributed by atoms with E-state index in [1.54, 1.807) is 12.0 Å². The van der Waals surface area contributed by atoms with Gasteiger partial charge in [0.1, 0.15) is 5.75 Å². The number of aromatic nitrogens is 1. The topological polar surface area (TPSA) is 77.7 Å². The molecule has 1 aromatic heterocycles. The van der Waals surface area contributed by atoms with Gasteiger partial charge in [0.25, 0.3) is 5.56 Å². The number of hydrogen-bond donors (Lipinski definition) is 2. The number of H-pyrrole nitrogens is 1. The van der Waals surface area contributed by atoms with Crippen molar-refractivity contribution < 1.29 is 9.53 Å². The van der Waals surface area contributed by atoms with E-state index in [0.717, 1.165) is 55.5 Å². The van der Waals surface area contributed by atoms with Gasteiger partial charge in [0.2, 0.25) is 0 Å². The number of ether oxygens (including phenoxy) is 1. The van der Waals surface area contributed by atoms with Gasteiger partial charge in [-0.25, -0.2) is 4.79 Å². The van der Waals surface area contributed by atoms with Crippen LogP contribution in [-0.4, -0.2) is 60.1 Å². The van der Waals surface area contributed by atoms with Crippen molar-refractivity contribution in [3.05, 3.63) is 40.2 Å². The Kier molecular flexibility index (Phi) is 8.97. The SMILES string of the molecule is CCN(CC)CCCN(Cc1cc2cc(OC)ccc2[nH]c1=O)C(=O)NC1CCCCC1. The molecule has 2 amide bonds. The quantitative estimate of drug-likeness (QED) is 0.580. The minimum absolute atomic E-state index is 0.0680. The Hall–Kier alpha value is -2.54. The van der Waals surface area contributed by atoms with Crippen LogP contribution in [0.4, 0.5) is 4.79 Å². The largest absolute Gasteiger partial charge is 0.497 e. The van der Waals surface area contributed by atoms with Gasteiger partial charge < -0.3 is 24.8 Å². The first kappa shape index (κ1) is 24.1. The molecule has 0 saturated heterocycles. The zero-order chi connectivity index (χ0) is 22.9. The lowest BCUT2D eigenvalue weighted by atomic mass is 9.96. The molecule has 0 aliphatic heterocycles.